The number of para-hydroxylation sites is 1. The van der Waals surface area contributed by atoms with E-state index in [1.807, 2.05) is 19.9 Å². The molecule has 1 amide bonds. The second-order valence-electron chi connectivity index (χ2n) is 8.10. The number of amides is 1. The van der Waals surface area contributed by atoms with Gasteiger partial charge in [-0.1, -0.05) is 12.1 Å². The standard InChI is InChI=1S/C26H29FN4O5/c1-4-35-23-16-21(30-10-12-34-13-11-30)24(36-5-2)15-19(23)28-26(33)25-22(32)14-17(3)31(29-25)20-9-7-6-8-18(20)27/h6-9,14-16H,4-5,10-13H2,1-3H3,(H,28,33). The van der Waals surface area contributed by atoms with Crippen molar-refractivity contribution in [3.63, 3.8) is 0 Å². The van der Waals surface area contributed by atoms with E-state index >= 15 is 0 Å². The van der Waals surface area contributed by atoms with E-state index in [-0.39, 0.29) is 11.4 Å². The monoisotopic (exact) mass is 496 g/mol. The number of anilines is 2. The van der Waals surface area contributed by atoms with Crippen molar-refractivity contribution in [2.24, 2.45) is 0 Å². The van der Waals surface area contributed by atoms with Crippen LogP contribution in [0.2, 0.25) is 0 Å². The Balaban J connectivity index is 1.72. The highest BCUT2D eigenvalue weighted by Gasteiger charge is 2.23. The van der Waals surface area contributed by atoms with E-state index in [1.165, 1.54) is 22.9 Å². The molecule has 36 heavy (non-hydrogen) atoms. The Morgan fingerprint density at radius 3 is 2.44 bits per heavy atom. The number of ether oxygens (including phenoxy) is 3. The van der Waals surface area contributed by atoms with Crippen LogP contribution in [0.4, 0.5) is 15.8 Å². The third kappa shape index (κ3) is 5.33. The summed E-state index contributed by atoms with van der Waals surface area (Å²) in [5.74, 6) is -0.273. The molecule has 1 fully saturated rings. The quantitative estimate of drug-likeness (QED) is 0.510. The molecule has 190 valence electrons. The summed E-state index contributed by atoms with van der Waals surface area (Å²) in [5.41, 5.74) is 0.739. The normalized spacial score (nSPS) is 13.4. The zero-order chi connectivity index (χ0) is 25.7. The van der Waals surface area contributed by atoms with E-state index in [2.05, 4.69) is 15.3 Å². The van der Waals surface area contributed by atoms with Gasteiger partial charge in [0.1, 0.15) is 23.0 Å². The van der Waals surface area contributed by atoms with Gasteiger partial charge in [-0.3, -0.25) is 9.59 Å². The number of halogens is 1. The van der Waals surface area contributed by atoms with Crippen molar-refractivity contribution in [1.82, 2.24) is 9.78 Å². The van der Waals surface area contributed by atoms with Gasteiger partial charge in [-0.25, -0.2) is 9.07 Å². The lowest BCUT2D eigenvalue weighted by molar-refractivity contribution is 0.101. The number of benzene rings is 2. The molecule has 4 rings (SSSR count). The Morgan fingerprint density at radius 1 is 1.06 bits per heavy atom. The number of rotatable bonds is 8. The van der Waals surface area contributed by atoms with E-state index in [1.54, 1.807) is 25.1 Å². The second kappa shape index (κ2) is 11.2. The van der Waals surface area contributed by atoms with Gasteiger partial charge in [-0.15, -0.1) is 0 Å². The fourth-order valence-corrected chi connectivity index (χ4v) is 4.00. The van der Waals surface area contributed by atoms with E-state index in [4.69, 9.17) is 14.2 Å². The van der Waals surface area contributed by atoms with E-state index in [0.29, 0.717) is 62.4 Å². The van der Waals surface area contributed by atoms with Gasteiger partial charge in [0.05, 0.1) is 37.8 Å². The summed E-state index contributed by atoms with van der Waals surface area (Å²) < 4.78 is 32.8. The number of carbonyl (C=O) groups is 1. The molecule has 0 spiro atoms. The molecule has 0 saturated carbocycles. The Hall–Kier alpha value is -3.92. The molecule has 2 aromatic carbocycles. The second-order valence-corrected chi connectivity index (χ2v) is 8.10. The molecule has 0 unspecified atom stereocenters. The van der Waals surface area contributed by atoms with Crippen LogP contribution in [0.25, 0.3) is 5.69 Å². The molecular formula is C26H29FN4O5. The fraction of sp³-hybridized carbons (Fsp3) is 0.346. The largest absolute Gasteiger partial charge is 0.492 e. The molecule has 0 radical (unpaired) electrons. The maximum absolute atomic E-state index is 14.4. The zero-order valence-electron chi connectivity index (χ0n) is 20.5. The SMILES string of the molecule is CCOc1cc(N2CCOCC2)c(OCC)cc1NC(=O)c1nn(-c2ccccc2F)c(C)cc1=O. The molecule has 1 saturated heterocycles. The molecular weight excluding hydrogens is 467 g/mol. The number of hydrogen-bond donors (Lipinski definition) is 1. The Morgan fingerprint density at radius 2 is 1.75 bits per heavy atom. The molecule has 0 aliphatic carbocycles. The van der Waals surface area contributed by atoms with Crippen molar-refractivity contribution in [3.8, 4) is 17.2 Å². The average molecular weight is 497 g/mol. The van der Waals surface area contributed by atoms with Crippen molar-refractivity contribution in [1.29, 1.82) is 0 Å². The van der Waals surface area contributed by atoms with Crippen LogP contribution in [0.3, 0.4) is 0 Å². The van der Waals surface area contributed by atoms with Crippen molar-refractivity contribution in [2.45, 2.75) is 20.8 Å². The van der Waals surface area contributed by atoms with Crippen LogP contribution < -0.4 is 25.1 Å². The summed E-state index contributed by atoms with van der Waals surface area (Å²) >= 11 is 0. The van der Waals surface area contributed by atoms with Crippen LogP contribution in [0, 0.1) is 12.7 Å². The highest BCUT2D eigenvalue weighted by atomic mass is 19.1. The highest BCUT2D eigenvalue weighted by molar-refractivity contribution is 6.04. The van der Waals surface area contributed by atoms with Gasteiger partial charge in [-0.05, 0) is 32.9 Å². The Bertz CT molecular complexity index is 1300. The maximum Gasteiger partial charge on any atom is 0.280 e. The average Bonchev–Trinajstić information content (AvgIpc) is 2.87. The van der Waals surface area contributed by atoms with Crippen molar-refractivity contribution >= 4 is 17.3 Å². The molecule has 1 N–H and O–H groups in total. The van der Waals surface area contributed by atoms with Crippen molar-refractivity contribution < 1.29 is 23.4 Å². The summed E-state index contributed by atoms with van der Waals surface area (Å²) in [6.45, 7) is 8.70. The summed E-state index contributed by atoms with van der Waals surface area (Å²) in [6, 6.07) is 10.8. The van der Waals surface area contributed by atoms with E-state index < -0.39 is 17.2 Å². The third-order valence-electron chi connectivity index (χ3n) is 5.66. The fourth-order valence-electron chi connectivity index (χ4n) is 4.00. The lowest BCUT2D eigenvalue weighted by Gasteiger charge is -2.31. The molecule has 10 heteroatoms. The lowest BCUT2D eigenvalue weighted by Crippen LogP contribution is -2.36. The number of morpholine rings is 1. The molecule has 9 nitrogen and oxygen atoms in total. The minimum Gasteiger partial charge on any atom is -0.492 e. The smallest absolute Gasteiger partial charge is 0.280 e. The molecule has 0 bridgehead atoms. The summed E-state index contributed by atoms with van der Waals surface area (Å²) in [7, 11) is 0. The first-order valence-corrected chi connectivity index (χ1v) is 11.9. The van der Waals surface area contributed by atoms with Crippen LogP contribution in [0.5, 0.6) is 11.5 Å². The topological polar surface area (TPSA) is 94.9 Å². The van der Waals surface area contributed by atoms with Gasteiger partial charge < -0.3 is 24.4 Å². The summed E-state index contributed by atoms with van der Waals surface area (Å²) in [4.78, 5) is 28.0. The van der Waals surface area contributed by atoms with E-state index in [9.17, 15) is 14.0 Å². The number of aromatic nitrogens is 2. The van der Waals surface area contributed by atoms with Crippen LogP contribution >= 0.6 is 0 Å². The van der Waals surface area contributed by atoms with Crippen molar-refractivity contribution in [2.75, 3.05) is 49.7 Å². The molecule has 1 aromatic heterocycles. The Labute approximate surface area is 208 Å². The Kier molecular flexibility index (Phi) is 7.84. The third-order valence-corrected chi connectivity index (χ3v) is 5.66. The van der Waals surface area contributed by atoms with Gasteiger partial charge in [-0.2, -0.15) is 5.10 Å². The number of nitrogens with zero attached hydrogens (tertiary/aromatic N) is 3. The van der Waals surface area contributed by atoms with Crippen molar-refractivity contribution in [3.05, 3.63) is 69.9 Å². The first kappa shape index (κ1) is 25.2. The van der Waals surface area contributed by atoms with Gasteiger partial charge in [0.2, 0.25) is 5.43 Å². The predicted octanol–water partition coefficient (Wildman–Crippen LogP) is 3.57. The van der Waals surface area contributed by atoms with Crippen LogP contribution in [0.1, 0.15) is 30.0 Å². The van der Waals surface area contributed by atoms with Crippen LogP contribution in [-0.2, 0) is 4.74 Å². The molecule has 2 heterocycles. The summed E-state index contributed by atoms with van der Waals surface area (Å²) in [6.07, 6.45) is 0. The minimum atomic E-state index is -0.743. The summed E-state index contributed by atoms with van der Waals surface area (Å²) in [5, 5.41) is 6.92. The number of carbonyl (C=O) groups excluding carboxylic acids is 1. The zero-order valence-corrected chi connectivity index (χ0v) is 20.5. The minimum absolute atomic E-state index is 0.132. The van der Waals surface area contributed by atoms with Gasteiger partial charge in [0.15, 0.2) is 5.69 Å². The van der Waals surface area contributed by atoms with E-state index in [0.717, 1.165) is 5.69 Å². The van der Waals surface area contributed by atoms with Crippen LogP contribution in [0.15, 0.2) is 47.3 Å². The maximum atomic E-state index is 14.4. The van der Waals surface area contributed by atoms with Gasteiger partial charge in [0, 0.05) is 37.0 Å². The number of hydrogen-bond acceptors (Lipinski definition) is 7. The molecule has 0 atom stereocenters. The first-order valence-electron chi connectivity index (χ1n) is 11.9. The van der Waals surface area contributed by atoms with Crippen LogP contribution in [-0.4, -0.2) is 55.2 Å². The predicted molar refractivity (Wildman–Crippen MR) is 134 cm³/mol. The highest BCUT2D eigenvalue weighted by Crippen LogP contribution is 2.39. The molecule has 3 aromatic rings. The van der Waals surface area contributed by atoms with Gasteiger partial charge >= 0.3 is 0 Å². The molecule has 1 aliphatic rings. The van der Waals surface area contributed by atoms with Gasteiger partial charge in [0.25, 0.3) is 5.91 Å². The number of aryl methyl sites for hydroxylation is 1. The lowest BCUT2D eigenvalue weighted by atomic mass is 10.2. The first-order chi connectivity index (χ1) is 17.4. The molecule has 1 aliphatic heterocycles. The number of nitrogens with one attached hydrogen (secondary N) is 1.